The number of hydrogen-bond donors (Lipinski definition) is 2. The molecule has 1 aromatic heterocycles. The lowest BCUT2D eigenvalue weighted by Gasteiger charge is -2.09. The second-order valence-electron chi connectivity index (χ2n) is 4.83. The Hall–Kier alpha value is -2.71. The number of halogens is 1. The molecule has 6 nitrogen and oxygen atoms in total. The van der Waals surface area contributed by atoms with E-state index in [9.17, 15) is 17.9 Å². The topological polar surface area (TPSA) is 98.2 Å². The number of phenolic OH excluding ortho intramolecular Hbond substituents is 1. The van der Waals surface area contributed by atoms with Crippen molar-refractivity contribution in [1.82, 2.24) is 9.78 Å². The van der Waals surface area contributed by atoms with Gasteiger partial charge in [-0.2, -0.15) is 5.10 Å². The van der Waals surface area contributed by atoms with Gasteiger partial charge in [-0.3, -0.25) is 0 Å². The number of aromatic nitrogens is 2. The SMILES string of the molecule is NS(=O)(=O)c1ccc(-n2nccc2-c2ccc(F)cc2O)cc1. The first-order valence-corrected chi connectivity index (χ1v) is 8.07. The van der Waals surface area contributed by atoms with E-state index in [1.807, 2.05) is 0 Å². The Morgan fingerprint density at radius 2 is 1.78 bits per heavy atom. The Balaban J connectivity index is 2.08. The van der Waals surface area contributed by atoms with E-state index in [4.69, 9.17) is 5.14 Å². The van der Waals surface area contributed by atoms with Gasteiger partial charge in [-0.05, 0) is 42.5 Å². The van der Waals surface area contributed by atoms with Gasteiger partial charge in [0.2, 0.25) is 10.0 Å². The maximum absolute atomic E-state index is 13.1. The summed E-state index contributed by atoms with van der Waals surface area (Å²) in [6, 6.07) is 11.1. The highest BCUT2D eigenvalue weighted by atomic mass is 32.2. The molecular formula is C15H12FN3O3S. The summed E-state index contributed by atoms with van der Waals surface area (Å²) in [5.74, 6) is -0.761. The van der Waals surface area contributed by atoms with Gasteiger partial charge in [0.25, 0.3) is 0 Å². The van der Waals surface area contributed by atoms with Crippen LogP contribution in [0.4, 0.5) is 4.39 Å². The van der Waals surface area contributed by atoms with Gasteiger partial charge in [-0.1, -0.05) is 0 Å². The number of rotatable bonds is 3. The summed E-state index contributed by atoms with van der Waals surface area (Å²) in [5, 5.41) is 19.1. The van der Waals surface area contributed by atoms with E-state index in [-0.39, 0.29) is 10.6 Å². The minimum absolute atomic E-state index is 0.0143. The molecule has 3 N–H and O–H groups in total. The van der Waals surface area contributed by atoms with Crippen molar-refractivity contribution < 1.29 is 17.9 Å². The second-order valence-corrected chi connectivity index (χ2v) is 6.39. The van der Waals surface area contributed by atoms with Crippen LogP contribution in [0.15, 0.2) is 59.6 Å². The lowest BCUT2D eigenvalue weighted by atomic mass is 10.1. The molecular weight excluding hydrogens is 321 g/mol. The van der Waals surface area contributed by atoms with Crippen molar-refractivity contribution in [2.45, 2.75) is 4.90 Å². The molecule has 0 fully saturated rings. The smallest absolute Gasteiger partial charge is 0.238 e. The first-order chi connectivity index (χ1) is 10.9. The fourth-order valence-corrected chi connectivity index (χ4v) is 2.73. The van der Waals surface area contributed by atoms with Gasteiger partial charge in [-0.15, -0.1) is 0 Å². The van der Waals surface area contributed by atoms with E-state index in [1.54, 1.807) is 6.07 Å². The van der Waals surface area contributed by atoms with Crippen LogP contribution in [0.3, 0.4) is 0 Å². The standard InChI is InChI=1S/C15H12FN3O3S/c16-10-1-6-13(15(20)9-10)14-7-8-18-19(14)11-2-4-12(5-3-11)23(17,21)22/h1-9,20H,(H2,17,21,22). The summed E-state index contributed by atoms with van der Waals surface area (Å²) in [6.07, 6.45) is 1.52. The highest BCUT2D eigenvalue weighted by molar-refractivity contribution is 7.89. The van der Waals surface area contributed by atoms with Crippen LogP contribution in [0.5, 0.6) is 5.75 Å². The van der Waals surface area contributed by atoms with Gasteiger partial charge in [0.05, 0.1) is 22.5 Å². The van der Waals surface area contributed by atoms with Crippen molar-refractivity contribution in [3.05, 3.63) is 60.5 Å². The van der Waals surface area contributed by atoms with Crippen LogP contribution in [0.25, 0.3) is 16.9 Å². The van der Waals surface area contributed by atoms with Crippen molar-refractivity contribution in [3.63, 3.8) is 0 Å². The molecule has 23 heavy (non-hydrogen) atoms. The summed E-state index contributed by atoms with van der Waals surface area (Å²) in [4.78, 5) is -0.0143. The van der Waals surface area contributed by atoms with Crippen LogP contribution in [0, 0.1) is 5.82 Å². The number of nitrogens with two attached hydrogens (primary N) is 1. The Bertz CT molecular complexity index is 966. The number of nitrogens with zero attached hydrogens (tertiary/aromatic N) is 2. The quantitative estimate of drug-likeness (QED) is 0.766. The third-order valence-corrected chi connectivity index (χ3v) is 4.22. The number of primary sulfonamides is 1. The maximum Gasteiger partial charge on any atom is 0.238 e. The fourth-order valence-electron chi connectivity index (χ4n) is 2.21. The summed E-state index contributed by atoms with van der Waals surface area (Å²) in [5.41, 5.74) is 1.51. The van der Waals surface area contributed by atoms with Crippen molar-refractivity contribution >= 4 is 10.0 Å². The molecule has 0 saturated carbocycles. The van der Waals surface area contributed by atoms with Crippen molar-refractivity contribution in [1.29, 1.82) is 0 Å². The molecule has 8 heteroatoms. The average molecular weight is 333 g/mol. The Morgan fingerprint density at radius 3 is 2.39 bits per heavy atom. The van der Waals surface area contributed by atoms with Crippen molar-refractivity contribution in [3.8, 4) is 22.7 Å². The van der Waals surface area contributed by atoms with Crippen molar-refractivity contribution in [2.24, 2.45) is 5.14 Å². The summed E-state index contributed by atoms with van der Waals surface area (Å²) in [6.45, 7) is 0. The van der Waals surface area contributed by atoms with E-state index in [0.29, 0.717) is 16.9 Å². The number of phenols is 1. The lowest BCUT2D eigenvalue weighted by Crippen LogP contribution is -2.12. The molecule has 0 bridgehead atoms. The van der Waals surface area contributed by atoms with E-state index < -0.39 is 15.8 Å². The molecule has 0 saturated heterocycles. The van der Waals surface area contributed by atoms with Crippen LogP contribution >= 0.6 is 0 Å². The molecule has 2 aromatic carbocycles. The molecule has 0 aliphatic carbocycles. The number of aromatic hydroxyl groups is 1. The first kappa shape index (κ1) is 15.2. The van der Waals surface area contributed by atoms with Gasteiger partial charge in [0.1, 0.15) is 11.6 Å². The molecule has 0 radical (unpaired) electrons. The third-order valence-electron chi connectivity index (χ3n) is 3.29. The molecule has 0 aliphatic heterocycles. The summed E-state index contributed by atoms with van der Waals surface area (Å²) >= 11 is 0. The van der Waals surface area contributed by atoms with Crippen molar-refractivity contribution in [2.75, 3.05) is 0 Å². The molecule has 0 atom stereocenters. The largest absolute Gasteiger partial charge is 0.507 e. The highest BCUT2D eigenvalue weighted by Gasteiger charge is 2.13. The fraction of sp³-hybridized carbons (Fsp3) is 0. The predicted molar refractivity (Wildman–Crippen MR) is 82.0 cm³/mol. The number of benzene rings is 2. The predicted octanol–water partition coefficient (Wildman–Crippen LogP) is 2.03. The van der Waals surface area contributed by atoms with Crippen LogP contribution in [0.2, 0.25) is 0 Å². The Labute approximate surface area is 131 Å². The average Bonchev–Trinajstić information content (AvgIpc) is 2.95. The molecule has 3 rings (SSSR count). The van der Waals surface area contributed by atoms with Gasteiger partial charge in [0, 0.05) is 11.6 Å². The minimum atomic E-state index is -3.77. The molecule has 0 aliphatic rings. The highest BCUT2D eigenvalue weighted by Crippen LogP contribution is 2.31. The number of sulfonamides is 1. The van der Waals surface area contributed by atoms with E-state index in [1.165, 1.54) is 47.3 Å². The molecule has 118 valence electrons. The van der Waals surface area contributed by atoms with E-state index in [0.717, 1.165) is 6.07 Å². The van der Waals surface area contributed by atoms with Crippen LogP contribution in [0.1, 0.15) is 0 Å². The summed E-state index contributed by atoms with van der Waals surface area (Å²) in [7, 11) is -3.77. The Kier molecular flexibility index (Phi) is 3.63. The first-order valence-electron chi connectivity index (χ1n) is 6.52. The molecule has 0 amide bonds. The normalized spacial score (nSPS) is 11.6. The molecule has 3 aromatic rings. The molecule has 0 unspecified atom stereocenters. The molecule has 1 heterocycles. The minimum Gasteiger partial charge on any atom is -0.507 e. The second kappa shape index (κ2) is 5.49. The van der Waals surface area contributed by atoms with E-state index >= 15 is 0 Å². The van der Waals surface area contributed by atoms with Crippen LogP contribution < -0.4 is 5.14 Å². The van der Waals surface area contributed by atoms with Gasteiger partial charge >= 0.3 is 0 Å². The van der Waals surface area contributed by atoms with Crippen LogP contribution in [-0.2, 0) is 10.0 Å². The zero-order valence-electron chi connectivity index (χ0n) is 11.7. The zero-order valence-corrected chi connectivity index (χ0v) is 12.5. The summed E-state index contributed by atoms with van der Waals surface area (Å²) < 4.78 is 37.2. The maximum atomic E-state index is 13.1. The van der Waals surface area contributed by atoms with Gasteiger partial charge in [0.15, 0.2) is 0 Å². The molecule has 0 spiro atoms. The van der Waals surface area contributed by atoms with E-state index in [2.05, 4.69) is 5.10 Å². The Morgan fingerprint density at radius 1 is 1.09 bits per heavy atom. The monoisotopic (exact) mass is 333 g/mol. The van der Waals surface area contributed by atoms with Gasteiger partial charge in [-0.25, -0.2) is 22.6 Å². The number of hydrogen-bond acceptors (Lipinski definition) is 4. The van der Waals surface area contributed by atoms with Crippen LogP contribution in [-0.4, -0.2) is 23.3 Å². The zero-order chi connectivity index (χ0) is 16.6. The van der Waals surface area contributed by atoms with Gasteiger partial charge < -0.3 is 5.11 Å². The lowest BCUT2D eigenvalue weighted by molar-refractivity contribution is 0.470. The third kappa shape index (κ3) is 2.94.